The average Bonchev–Trinajstić information content (AvgIpc) is 3.44. The van der Waals surface area contributed by atoms with Crippen LogP contribution in [0.3, 0.4) is 0 Å². The maximum Gasteiger partial charge on any atom is 0.287 e. The third kappa shape index (κ3) is 4.48. The summed E-state index contributed by atoms with van der Waals surface area (Å²) in [5.41, 5.74) is 3.11. The number of carbonyl (C=O) groups excluding carboxylic acids is 1. The van der Waals surface area contributed by atoms with Gasteiger partial charge in [-0.2, -0.15) is 0 Å². The lowest BCUT2D eigenvalue weighted by Crippen LogP contribution is -2.33. The van der Waals surface area contributed by atoms with E-state index >= 15 is 0 Å². The maximum atomic E-state index is 12.7. The fourth-order valence-electron chi connectivity index (χ4n) is 3.76. The molecular formula is C25H27N3O3. The summed E-state index contributed by atoms with van der Waals surface area (Å²) >= 11 is 0. The molecule has 6 heteroatoms. The van der Waals surface area contributed by atoms with Crippen molar-refractivity contribution in [3.63, 3.8) is 0 Å². The van der Waals surface area contributed by atoms with Gasteiger partial charge in [0.05, 0.1) is 30.4 Å². The van der Waals surface area contributed by atoms with Gasteiger partial charge < -0.3 is 19.0 Å². The van der Waals surface area contributed by atoms with Crippen LogP contribution in [0.25, 0.3) is 11.0 Å². The molecule has 0 aliphatic carbocycles. The zero-order valence-corrected chi connectivity index (χ0v) is 18.0. The number of ether oxygens (including phenoxy) is 1. The monoisotopic (exact) mass is 417 g/mol. The van der Waals surface area contributed by atoms with Gasteiger partial charge in [0, 0.05) is 12.6 Å². The van der Waals surface area contributed by atoms with E-state index in [1.165, 1.54) is 11.8 Å². The van der Waals surface area contributed by atoms with Crippen LogP contribution >= 0.6 is 0 Å². The number of aryl methyl sites for hydroxylation is 2. The molecule has 0 fully saturated rings. The van der Waals surface area contributed by atoms with Gasteiger partial charge in [-0.1, -0.05) is 44.2 Å². The summed E-state index contributed by atoms with van der Waals surface area (Å²) in [5.74, 6) is 1.78. The Morgan fingerprint density at radius 2 is 1.94 bits per heavy atom. The molecule has 0 spiro atoms. The number of methoxy groups -OCH3 is 1. The van der Waals surface area contributed by atoms with E-state index in [9.17, 15) is 4.79 Å². The average molecular weight is 418 g/mol. The van der Waals surface area contributed by atoms with Crippen molar-refractivity contribution in [3.05, 3.63) is 84.1 Å². The van der Waals surface area contributed by atoms with Crippen molar-refractivity contribution in [2.45, 2.75) is 32.9 Å². The van der Waals surface area contributed by atoms with Crippen LogP contribution in [0.5, 0.6) is 5.75 Å². The Balaban J connectivity index is 1.73. The second-order valence-electron chi connectivity index (χ2n) is 7.88. The van der Waals surface area contributed by atoms with Crippen molar-refractivity contribution in [1.29, 1.82) is 0 Å². The summed E-state index contributed by atoms with van der Waals surface area (Å²) in [6, 6.07) is 19.3. The molecule has 4 rings (SSSR count). The van der Waals surface area contributed by atoms with Crippen LogP contribution in [-0.2, 0) is 13.0 Å². The van der Waals surface area contributed by atoms with E-state index in [2.05, 4.69) is 35.9 Å². The molecule has 0 bridgehead atoms. The number of imidazole rings is 1. The highest BCUT2D eigenvalue weighted by Crippen LogP contribution is 2.29. The third-order valence-corrected chi connectivity index (χ3v) is 5.43. The molecule has 4 aromatic rings. The van der Waals surface area contributed by atoms with E-state index in [1.807, 2.05) is 36.4 Å². The Kier molecular flexibility index (Phi) is 6.07. The van der Waals surface area contributed by atoms with E-state index in [4.69, 9.17) is 14.1 Å². The van der Waals surface area contributed by atoms with Gasteiger partial charge in [-0.3, -0.25) is 4.79 Å². The van der Waals surface area contributed by atoms with Crippen molar-refractivity contribution in [2.75, 3.05) is 7.11 Å². The number of rotatable bonds is 8. The molecule has 31 heavy (non-hydrogen) atoms. The Bertz CT molecular complexity index is 1150. The molecule has 2 aromatic carbocycles. The highest BCUT2D eigenvalue weighted by atomic mass is 16.5. The van der Waals surface area contributed by atoms with Crippen molar-refractivity contribution in [1.82, 2.24) is 14.9 Å². The fraction of sp³-hybridized carbons (Fsp3) is 0.280. The highest BCUT2D eigenvalue weighted by Gasteiger charge is 2.26. The Hall–Kier alpha value is -3.54. The number of benzene rings is 2. The van der Waals surface area contributed by atoms with E-state index in [0.29, 0.717) is 5.76 Å². The second kappa shape index (κ2) is 9.08. The van der Waals surface area contributed by atoms with Gasteiger partial charge in [0.1, 0.15) is 11.6 Å². The lowest BCUT2D eigenvalue weighted by molar-refractivity contribution is 0.0894. The number of furan rings is 1. The standard InChI is InChI=1S/C25H27N3O3/c1-17(2)23(27-25(29)22-10-7-15-31-22)24-26-20-12-11-19(30-3)16-21(20)28(24)14-13-18-8-5-4-6-9-18/h4-12,15-17,23H,13-14H2,1-3H3,(H,27,29). The zero-order chi connectivity index (χ0) is 21.8. The molecule has 2 heterocycles. The minimum Gasteiger partial charge on any atom is -0.497 e. The van der Waals surface area contributed by atoms with E-state index in [0.717, 1.165) is 35.6 Å². The molecule has 1 unspecified atom stereocenters. The summed E-state index contributed by atoms with van der Waals surface area (Å²) in [5, 5.41) is 3.12. The molecule has 1 atom stereocenters. The summed E-state index contributed by atoms with van der Waals surface area (Å²) < 4.78 is 12.9. The van der Waals surface area contributed by atoms with E-state index < -0.39 is 0 Å². The van der Waals surface area contributed by atoms with Gasteiger partial charge >= 0.3 is 0 Å². The maximum absolute atomic E-state index is 12.7. The molecule has 1 amide bonds. The third-order valence-electron chi connectivity index (χ3n) is 5.43. The molecule has 0 saturated carbocycles. The molecule has 0 aliphatic heterocycles. The van der Waals surface area contributed by atoms with E-state index in [1.54, 1.807) is 19.2 Å². The molecule has 1 N–H and O–H groups in total. The van der Waals surface area contributed by atoms with Gasteiger partial charge in [0.15, 0.2) is 5.76 Å². The lowest BCUT2D eigenvalue weighted by atomic mass is 10.0. The van der Waals surface area contributed by atoms with Crippen LogP contribution in [0.4, 0.5) is 0 Å². The number of aromatic nitrogens is 2. The molecule has 2 aromatic heterocycles. The zero-order valence-electron chi connectivity index (χ0n) is 18.0. The minimum atomic E-state index is -0.272. The van der Waals surface area contributed by atoms with Gasteiger partial charge in [0.25, 0.3) is 5.91 Å². The summed E-state index contributed by atoms with van der Waals surface area (Å²) in [4.78, 5) is 17.7. The number of nitrogens with zero attached hydrogens (tertiary/aromatic N) is 2. The molecular weight excluding hydrogens is 390 g/mol. The molecule has 160 valence electrons. The van der Waals surface area contributed by atoms with Gasteiger partial charge in [-0.25, -0.2) is 4.98 Å². The molecule has 0 saturated heterocycles. The predicted octanol–water partition coefficient (Wildman–Crippen LogP) is 5.01. The smallest absolute Gasteiger partial charge is 0.287 e. The normalized spacial score (nSPS) is 12.3. The van der Waals surface area contributed by atoms with Crippen LogP contribution in [0.15, 0.2) is 71.3 Å². The van der Waals surface area contributed by atoms with Gasteiger partial charge in [0.2, 0.25) is 0 Å². The van der Waals surface area contributed by atoms with E-state index in [-0.39, 0.29) is 17.9 Å². The number of fused-ring (bicyclic) bond motifs is 1. The number of carbonyl (C=O) groups is 1. The number of hydrogen-bond donors (Lipinski definition) is 1. The summed E-state index contributed by atoms with van der Waals surface area (Å²) in [6.45, 7) is 4.89. The molecule has 0 radical (unpaired) electrons. The largest absolute Gasteiger partial charge is 0.497 e. The number of hydrogen-bond acceptors (Lipinski definition) is 4. The Morgan fingerprint density at radius 3 is 2.61 bits per heavy atom. The van der Waals surface area contributed by atoms with Crippen molar-refractivity contribution in [2.24, 2.45) is 5.92 Å². The van der Waals surface area contributed by atoms with Crippen LogP contribution < -0.4 is 10.1 Å². The summed E-state index contributed by atoms with van der Waals surface area (Å²) in [6.07, 6.45) is 2.36. The summed E-state index contributed by atoms with van der Waals surface area (Å²) in [7, 11) is 1.66. The predicted molar refractivity (Wildman–Crippen MR) is 120 cm³/mol. The van der Waals surface area contributed by atoms with Crippen LogP contribution in [0.2, 0.25) is 0 Å². The number of amides is 1. The Labute approximate surface area is 181 Å². The number of nitrogens with one attached hydrogen (secondary N) is 1. The Morgan fingerprint density at radius 1 is 1.13 bits per heavy atom. The van der Waals surface area contributed by atoms with Crippen molar-refractivity contribution in [3.8, 4) is 5.75 Å². The first-order valence-corrected chi connectivity index (χ1v) is 10.5. The van der Waals surface area contributed by atoms with Crippen molar-refractivity contribution < 1.29 is 13.9 Å². The topological polar surface area (TPSA) is 69.3 Å². The van der Waals surface area contributed by atoms with Crippen LogP contribution in [0, 0.1) is 5.92 Å². The first-order valence-electron chi connectivity index (χ1n) is 10.5. The van der Waals surface area contributed by atoms with Crippen molar-refractivity contribution >= 4 is 16.9 Å². The van der Waals surface area contributed by atoms with Crippen LogP contribution in [0.1, 0.15) is 41.8 Å². The quantitative estimate of drug-likeness (QED) is 0.438. The first kappa shape index (κ1) is 20.7. The van der Waals surface area contributed by atoms with Gasteiger partial charge in [-0.05, 0) is 42.2 Å². The fourth-order valence-corrected chi connectivity index (χ4v) is 3.76. The SMILES string of the molecule is COc1ccc2nc(C(NC(=O)c3ccco3)C(C)C)n(CCc3ccccc3)c2c1. The van der Waals surface area contributed by atoms with Gasteiger partial charge in [-0.15, -0.1) is 0 Å². The minimum absolute atomic E-state index is 0.132. The molecule has 6 nitrogen and oxygen atoms in total. The van der Waals surface area contributed by atoms with Crippen LogP contribution in [-0.4, -0.2) is 22.6 Å². The molecule has 0 aliphatic rings. The lowest BCUT2D eigenvalue weighted by Gasteiger charge is -2.23. The highest BCUT2D eigenvalue weighted by molar-refractivity contribution is 5.91. The second-order valence-corrected chi connectivity index (χ2v) is 7.88. The first-order chi connectivity index (χ1) is 15.1.